The van der Waals surface area contributed by atoms with E-state index in [9.17, 15) is 9.90 Å². The molecule has 9 nitrogen and oxygen atoms in total. The SMILES string of the molecule is CCN(c1cc(-c2ccc(OC3CCN(C)CC3)nc2)cc(C(O)NCc2c(C)cc(C)[nH]c2=O)c1C)C1CCOCC1. The minimum Gasteiger partial charge on any atom is -0.474 e. The molecule has 3 N–H and O–H groups in total. The van der Waals surface area contributed by atoms with Crippen molar-refractivity contribution in [1.29, 1.82) is 0 Å². The van der Waals surface area contributed by atoms with Gasteiger partial charge in [-0.1, -0.05) is 0 Å². The van der Waals surface area contributed by atoms with E-state index < -0.39 is 6.23 Å². The molecule has 2 saturated heterocycles. The van der Waals surface area contributed by atoms with E-state index in [1.165, 1.54) is 0 Å². The fourth-order valence-corrected chi connectivity index (χ4v) is 6.40. The molecule has 0 saturated carbocycles. The highest BCUT2D eigenvalue weighted by Crippen LogP contribution is 2.36. The highest BCUT2D eigenvalue weighted by atomic mass is 16.5. The number of aliphatic hydroxyl groups excluding tert-OH is 1. The number of nitrogens with one attached hydrogen (secondary N) is 2. The molecular weight excluding hydrogens is 542 g/mol. The first-order chi connectivity index (χ1) is 20.7. The maximum absolute atomic E-state index is 12.6. The van der Waals surface area contributed by atoms with Crippen LogP contribution in [-0.2, 0) is 11.3 Å². The van der Waals surface area contributed by atoms with Crippen molar-refractivity contribution in [1.82, 2.24) is 20.2 Å². The molecule has 2 fully saturated rings. The van der Waals surface area contributed by atoms with Crippen LogP contribution in [0.15, 0.2) is 41.3 Å². The molecular formula is C34H47N5O4. The van der Waals surface area contributed by atoms with Gasteiger partial charge >= 0.3 is 0 Å². The largest absolute Gasteiger partial charge is 0.474 e. The third-order valence-corrected chi connectivity index (χ3v) is 8.99. The van der Waals surface area contributed by atoms with Crippen molar-refractivity contribution in [3.8, 4) is 17.0 Å². The number of benzene rings is 1. The summed E-state index contributed by atoms with van der Waals surface area (Å²) in [5, 5.41) is 14.7. The smallest absolute Gasteiger partial charge is 0.252 e. The summed E-state index contributed by atoms with van der Waals surface area (Å²) in [5.41, 5.74) is 7.05. The molecule has 0 bridgehead atoms. The van der Waals surface area contributed by atoms with Crippen LogP contribution >= 0.6 is 0 Å². The first kappa shape index (κ1) is 31.2. The fourth-order valence-electron chi connectivity index (χ4n) is 6.40. The Kier molecular flexibility index (Phi) is 10.2. The molecule has 3 aromatic rings. The van der Waals surface area contributed by atoms with Crippen molar-refractivity contribution in [2.24, 2.45) is 0 Å². The average Bonchev–Trinajstić information content (AvgIpc) is 3.00. The molecule has 0 amide bonds. The number of piperidine rings is 1. The lowest BCUT2D eigenvalue weighted by Gasteiger charge is -2.37. The number of hydrogen-bond acceptors (Lipinski definition) is 8. The number of hydrogen-bond donors (Lipinski definition) is 3. The molecule has 0 radical (unpaired) electrons. The van der Waals surface area contributed by atoms with Gasteiger partial charge in [0.1, 0.15) is 12.3 Å². The second-order valence-corrected chi connectivity index (χ2v) is 12.1. The van der Waals surface area contributed by atoms with Gasteiger partial charge in [-0.2, -0.15) is 0 Å². The second-order valence-electron chi connectivity index (χ2n) is 12.1. The molecule has 5 rings (SSSR count). The predicted octanol–water partition coefficient (Wildman–Crippen LogP) is 4.62. The summed E-state index contributed by atoms with van der Waals surface area (Å²) in [4.78, 5) is 24.9. The number of nitrogens with zero attached hydrogens (tertiary/aromatic N) is 3. The zero-order chi connectivity index (χ0) is 30.5. The Hall–Kier alpha value is -3.24. The highest BCUT2D eigenvalue weighted by Gasteiger charge is 2.25. The van der Waals surface area contributed by atoms with E-state index in [-0.39, 0.29) is 18.2 Å². The van der Waals surface area contributed by atoms with Crippen molar-refractivity contribution >= 4 is 5.69 Å². The van der Waals surface area contributed by atoms with E-state index in [4.69, 9.17) is 9.47 Å². The first-order valence-electron chi connectivity index (χ1n) is 15.6. The van der Waals surface area contributed by atoms with E-state index >= 15 is 0 Å². The van der Waals surface area contributed by atoms with E-state index in [0.29, 0.717) is 17.5 Å². The summed E-state index contributed by atoms with van der Waals surface area (Å²) in [5.74, 6) is 0.642. The fraction of sp³-hybridized carbons (Fsp3) is 0.529. The van der Waals surface area contributed by atoms with Crippen LogP contribution in [0.5, 0.6) is 5.88 Å². The lowest BCUT2D eigenvalue weighted by atomic mass is 9.95. The summed E-state index contributed by atoms with van der Waals surface area (Å²) in [6.45, 7) is 12.7. The van der Waals surface area contributed by atoms with Gasteiger partial charge in [-0.15, -0.1) is 0 Å². The summed E-state index contributed by atoms with van der Waals surface area (Å²) >= 11 is 0. The molecule has 9 heteroatoms. The second kappa shape index (κ2) is 14.0. The Morgan fingerprint density at radius 1 is 1.12 bits per heavy atom. The molecule has 2 aliphatic rings. The predicted molar refractivity (Wildman–Crippen MR) is 171 cm³/mol. The molecule has 1 aromatic carbocycles. The number of pyridine rings is 2. The standard InChI is InChI=1S/C34H47N5O4/c1-6-39(27-11-15-42-16-12-27)31-19-26(25-7-8-32(35-20-25)43-28-9-13-38(5)14-10-28)18-29(24(31)4)33(40)36-21-30-22(2)17-23(3)37-34(30)41/h7-8,17-20,27-28,33,36,40H,6,9-16,21H2,1-5H3,(H,37,41). The van der Waals surface area contributed by atoms with Crippen molar-refractivity contribution in [2.75, 3.05) is 44.8 Å². The third kappa shape index (κ3) is 7.47. The third-order valence-electron chi connectivity index (χ3n) is 8.99. The monoisotopic (exact) mass is 589 g/mol. The van der Waals surface area contributed by atoms with Crippen LogP contribution in [0.25, 0.3) is 11.1 Å². The maximum atomic E-state index is 12.6. The topological polar surface area (TPSA) is 103 Å². The van der Waals surface area contributed by atoms with Gasteiger partial charge in [-0.3, -0.25) is 10.1 Å². The minimum absolute atomic E-state index is 0.131. The summed E-state index contributed by atoms with van der Waals surface area (Å²) in [7, 11) is 2.14. The number of aliphatic hydroxyl groups is 1. The van der Waals surface area contributed by atoms with E-state index in [1.807, 2.05) is 38.2 Å². The Morgan fingerprint density at radius 2 is 1.86 bits per heavy atom. The number of aryl methyl sites for hydroxylation is 2. The van der Waals surface area contributed by atoms with Crippen LogP contribution in [0.1, 0.15) is 66.8 Å². The molecule has 0 aliphatic carbocycles. The number of aromatic nitrogens is 2. The van der Waals surface area contributed by atoms with Gasteiger partial charge in [-0.25, -0.2) is 4.98 Å². The summed E-state index contributed by atoms with van der Waals surface area (Å²) in [6.07, 6.45) is 5.02. The number of aromatic amines is 1. The quantitative estimate of drug-likeness (QED) is 0.295. The first-order valence-corrected chi connectivity index (χ1v) is 15.6. The van der Waals surface area contributed by atoms with Crippen LogP contribution in [0.3, 0.4) is 0 Å². The molecule has 2 aliphatic heterocycles. The highest BCUT2D eigenvalue weighted by molar-refractivity contribution is 5.72. The number of likely N-dealkylation sites (tertiary alicyclic amines) is 1. The number of ether oxygens (including phenoxy) is 2. The maximum Gasteiger partial charge on any atom is 0.252 e. The van der Waals surface area contributed by atoms with Crippen LogP contribution in [-0.4, -0.2) is 72.0 Å². The van der Waals surface area contributed by atoms with E-state index in [0.717, 1.165) is 97.7 Å². The Labute approximate surface area is 255 Å². The number of anilines is 1. The number of rotatable bonds is 10. The zero-order valence-electron chi connectivity index (χ0n) is 26.3. The average molecular weight is 590 g/mol. The van der Waals surface area contributed by atoms with Gasteiger partial charge < -0.3 is 29.4 Å². The van der Waals surface area contributed by atoms with Crippen LogP contribution in [0.4, 0.5) is 5.69 Å². The molecule has 232 valence electrons. The lowest BCUT2D eigenvalue weighted by Crippen LogP contribution is -2.40. The Morgan fingerprint density at radius 3 is 2.51 bits per heavy atom. The van der Waals surface area contributed by atoms with Crippen molar-refractivity contribution < 1.29 is 14.6 Å². The minimum atomic E-state index is -0.966. The van der Waals surface area contributed by atoms with Gasteiger partial charge in [0.05, 0.1) is 0 Å². The van der Waals surface area contributed by atoms with Crippen LogP contribution in [0, 0.1) is 20.8 Å². The van der Waals surface area contributed by atoms with Crippen molar-refractivity contribution in [2.45, 2.75) is 78.3 Å². The van der Waals surface area contributed by atoms with Gasteiger partial charge in [0.25, 0.3) is 5.56 Å². The van der Waals surface area contributed by atoms with Gasteiger partial charge in [-0.05, 0) is 101 Å². The normalized spacial score (nSPS) is 17.6. The van der Waals surface area contributed by atoms with Gasteiger partial charge in [0.15, 0.2) is 0 Å². The van der Waals surface area contributed by atoms with Crippen LogP contribution < -0.4 is 20.5 Å². The van der Waals surface area contributed by atoms with Gasteiger partial charge in [0, 0.05) is 85.8 Å². The summed E-state index contributed by atoms with van der Waals surface area (Å²) < 4.78 is 11.9. The van der Waals surface area contributed by atoms with Crippen molar-refractivity contribution in [3.05, 3.63) is 74.8 Å². The van der Waals surface area contributed by atoms with Crippen LogP contribution in [0.2, 0.25) is 0 Å². The Bertz CT molecular complexity index is 1430. The van der Waals surface area contributed by atoms with E-state index in [1.54, 1.807) is 0 Å². The Balaban J connectivity index is 1.44. The molecule has 2 aromatic heterocycles. The zero-order valence-corrected chi connectivity index (χ0v) is 26.3. The molecule has 4 heterocycles. The molecule has 43 heavy (non-hydrogen) atoms. The molecule has 1 unspecified atom stereocenters. The van der Waals surface area contributed by atoms with Gasteiger partial charge in [0.2, 0.25) is 5.88 Å². The van der Waals surface area contributed by atoms with Crippen molar-refractivity contribution in [3.63, 3.8) is 0 Å². The molecule has 1 atom stereocenters. The summed E-state index contributed by atoms with van der Waals surface area (Å²) in [6, 6.07) is 10.6. The van der Waals surface area contributed by atoms with E-state index in [2.05, 4.69) is 58.1 Å². The number of H-pyrrole nitrogens is 1. The lowest BCUT2D eigenvalue weighted by molar-refractivity contribution is 0.0846. The molecule has 0 spiro atoms.